The summed E-state index contributed by atoms with van der Waals surface area (Å²) in [4.78, 5) is 2.36. The van der Waals surface area contributed by atoms with Gasteiger partial charge in [-0.15, -0.1) is 11.3 Å². The molecule has 1 fully saturated rings. The smallest absolute Gasteiger partial charge is 0.123 e. The van der Waals surface area contributed by atoms with Crippen LogP contribution in [0.3, 0.4) is 0 Å². The molecule has 0 spiro atoms. The molecule has 1 heterocycles. The average Bonchev–Trinajstić information content (AvgIpc) is 3.54. The molecule has 5 aromatic rings. The second-order valence-corrected chi connectivity index (χ2v) is 13.8. The van der Waals surface area contributed by atoms with Crippen molar-refractivity contribution in [2.75, 3.05) is 0 Å². The molecule has 6 rings (SSSR count). The fourth-order valence-electron chi connectivity index (χ4n) is 7.02. The Labute approximate surface area is 276 Å². The van der Waals surface area contributed by atoms with Gasteiger partial charge in [-0.2, -0.15) is 0 Å². The highest BCUT2D eigenvalue weighted by Crippen LogP contribution is 2.45. The molecule has 5 heteroatoms. The summed E-state index contributed by atoms with van der Waals surface area (Å²) >= 11 is 1.74. The molecule has 4 aromatic carbocycles. The highest BCUT2D eigenvalue weighted by molar-refractivity contribution is 7.15. The van der Waals surface area contributed by atoms with E-state index in [9.17, 15) is 9.50 Å². The summed E-state index contributed by atoms with van der Waals surface area (Å²) < 4.78 is 27.1. The maximum atomic E-state index is 13.5. The van der Waals surface area contributed by atoms with E-state index in [0.717, 1.165) is 40.0 Å². The fourth-order valence-corrected chi connectivity index (χ4v) is 8.05. The van der Waals surface area contributed by atoms with Crippen molar-refractivity contribution < 1.29 is 19.0 Å². The molecule has 0 saturated heterocycles. The normalized spacial score (nSPS) is 23.0. The van der Waals surface area contributed by atoms with Crippen LogP contribution < -0.4 is 0 Å². The van der Waals surface area contributed by atoms with E-state index in [1.165, 1.54) is 28.1 Å². The lowest BCUT2D eigenvalue weighted by atomic mass is 9.66. The van der Waals surface area contributed by atoms with Crippen LogP contribution in [0.5, 0.6) is 0 Å². The Morgan fingerprint density at radius 1 is 0.761 bits per heavy atom. The van der Waals surface area contributed by atoms with Crippen LogP contribution in [0.2, 0.25) is 0 Å². The van der Waals surface area contributed by atoms with Gasteiger partial charge >= 0.3 is 0 Å². The first-order valence-corrected chi connectivity index (χ1v) is 17.2. The zero-order valence-electron chi connectivity index (χ0n) is 26.8. The van der Waals surface area contributed by atoms with Crippen LogP contribution in [0.25, 0.3) is 10.4 Å². The molecule has 1 saturated carbocycles. The largest absolute Gasteiger partial charge is 0.392 e. The molecule has 0 bridgehead atoms. The molecule has 0 unspecified atom stereocenters. The lowest BCUT2D eigenvalue weighted by Gasteiger charge is -2.49. The Morgan fingerprint density at radius 2 is 1.39 bits per heavy atom. The van der Waals surface area contributed by atoms with Crippen LogP contribution in [-0.4, -0.2) is 23.4 Å². The number of ether oxygens (including phenoxy) is 2. The van der Waals surface area contributed by atoms with Gasteiger partial charge in [0.2, 0.25) is 0 Å². The zero-order chi connectivity index (χ0) is 32.0. The second-order valence-electron chi connectivity index (χ2n) is 12.6. The van der Waals surface area contributed by atoms with Gasteiger partial charge in [0.15, 0.2) is 0 Å². The minimum absolute atomic E-state index is 0.0719. The second kappa shape index (κ2) is 14.9. The van der Waals surface area contributed by atoms with E-state index >= 15 is 0 Å². The van der Waals surface area contributed by atoms with E-state index in [1.807, 2.05) is 48.5 Å². The third-order valence-corrected chi connectivity index (χ3v) is 10.8. The van der Waals surface area contributed by atoms with E-state index in [1.54, 1.807) is 11.3 Å². The number of benzene rings is 4. The van der Waals surface area contributed by atoms with Crippen molar-refractivity contribution in [3.8, 4) is 10.4 Å². The molecule has 6 atom stereocenters. The molecule has 0 radical (unpaired) electrons. The van der Waals surface area contributed by atoms with Crippen molar-refractivity contribution in [1.29, 1.82) is 0 Å². The summed E-state index contributed by atoms with van der Waals surface area (Å²) in [6.45, 7) is 7.46. The van der Waals surface area contributed by atoms with Gasteiger partial charge in [-0.1, -0.05) is 111 Å². The molecule has 0 aliphatic heterocycles. The fraction of sp³-hybridized carbons (Fsp3) is 0.317. The molecule has 1 N–H and O–H groups in total. The first-order chi connectivity index (χ1) is 22.4. The number of rotatable bonds is 11. The van der Waals surface area contributed by atoms with Gasteiger partial charge in [-0.3, -0.25) is 0 Å². The molecule has 238 valence electrons. The van der Waals surface area contributed by atoms with Crippen LogP contribution in [0, 0.1) is 24.6 Å². The quantitative estimate of drug-likeness (QED) is 0.157. The molecule has 1 aliphatic carbocycles. The van der Waals surface area contributed by atoms with E-state index in [0.29, 0.717) is 13.2 Å². The zero-order valence-corrected chi connectivity index (χ0v) is 27.6. The minimum Gasteiger partial charge on any atom is -0.392 e. The van der Waals surface area contributed by atoms with E-state index in [-0.39, 0.29) is 35.8 Å². The van der Waals surface area contributed by atoms with Crippen LogP contribution in [0.1, 0.15) is 58.9 Å². The van der Waals surface area contributed by atoms with Crippen molar-refractivity contribution in [3.63, 3.8) is 0 Å². The molecule has 1 aliphatic rings. The topological polar surface area (TPSA) is 38.7 Å². The summed E-state index contributed by atoms with van der Waals surface area (Å²) in [5.41, 5.74) is 6.77. The van der Waals surface area contributed by atoms with E-state index in [2.05, 4.69) is 75.4 Å². The SMILES string of the molecule is CC[C@@H]1[C@@H](C)[C@H](OCc2ccccc2)[C@@H](OCc2ccccc2)[C@H](c2ccc(C)c(Cc3ccc(-c4ccc(F)cc4)s3)c2)[C@H]1O. The number of aryl methyl sites for hydroxylation is 1. The first kappa shape index (κ1) is 32.3. The maximum Gasteiger partial charge on any atom is 0.123 e. The summed E-state index contributed by atoms with van der Waals surface area (Å²) in [5.74, 6) is -0.288. The van der Waals surface area contributed by atoms with Gasteiger partial charge in [0, 0.05) is 22.1 Å². The number of aliphatic hydroxyl groups is 1. The van der Waals surface area contributed by atoms with Gasteiger partial charge in [0.1, 0.15) is 5.82 Å². The summed E-state index contributed by atoms with van der Waals surface area (Å²) in [6.07, 6.45) is 0.544. The van der Waals surface area contributed by atoms with Crippen molar-refractivity contribution >= 4 is 11.3 Å². The third kappa shape index (κ3) is 7.34. The Morgan fingerprint density at radius 3 is 2.02 bits per heavy atom. The predicted octanol–water partition coefficient (Wildman–Crippen LogP) is 9.74. The predicted molar refractivity (Wildman–Crippen MR) is 185 cm³/mol. The first-order valence-electron chi connectivity index (χ1n) is 16.3. The van der Waals surface area contributed by atoms with Crippen LogP contribution in [0.15, 0.2) is 115 Å². The number of aliphatic hydroxyl groups excluding tert-OH is 1. The van der Waals surface area contributed by atoms with Gasteiger partial charge in [-0.25, -0.2) is 4.39 Å². The average molecular weight is 635 g/mol. The van der Waals surface area contributed by atoms with Crippen LogP contribution in [0.4, 0.5) is 4.39 Å². The van der Waals surface area contributed by atoms with Gasteiger partial charge in [0.05, 0.1) is 31.5 Å². The highest BCUT2D eigenvalue weighted by atomic mass is 32.1. The van der Waals surface area contributed by atoms with Gasteiger partial charge < -0.3 is 14.6 Å². The molecular formula is C41H43FO3S. The molecule has 1 aromatic heterocycles. The Bertz CT molecular complexity index is 1680. The van der Waals surface area contributed by atoms with Crippen molar-refractivity contribution in [3.05, 3.63) is 154 Å². The van der Waals surface area contributed by atoms with Crippen molar-refractivity contribution in [1.82, 2.24) is 0 Å². The molecular weight excluding hydrogens is 592 g/mol. The van der Waals surface area contributed by atoms with E-state index < -0.39 is 6.10 Å². The number of thiophene rings is 1. The Balaban J connectivity index is 1.32. The lowest BCUT2D eigenvalue weighted by Crippen LogP contribution is -2.55. The number of halogens is 1. The minimum atomic E-state index is -0.570. The summed E-state index contributed by atoms with van der Waals surface area (Å²) in [6, 6.07) is 38.1. The number of hydrogen-bond acceptors (Lipinski definition) is 4. The standard InChI is InChI=1S/C41H43FO3S/c1-4-36-28(3)40(44-25-29-11-7-5-8-12-29)41(45-26-30-13-9-6-10-14-30)38(39(36)43)32-16-15-27(2)33(23-32)24-35-21-22-37(46-35)31-17-19-34(42)20-18-31/h5-23,28,36,38-41,43H,4,24-26H2,1-3H3/t28-,36-,38-,39+,40+,41+/m1/s1. The van der Waals surface area contributed by atoms with Crippen molar-refractivity contribution in [2.45, 2.75) is 71.1 Å². The highest BCUT2D eigenvalue weighted by Gasteiger charge is 2.49. The Kier molecular flexibility index (Phi) is 10.5. The third-order valence-electron chi connectivity index (χ3n) is 9.63. The lowest BCUT2D eigenvalue weighted by molar-refractivity contribution is -0.178. The maximum absolute atomic E-state index is 13.5. The summed E-state index contributed by atoms with van der Waals surface area (Å²) in [5, 5.41) is 12.1. The molecule has 0 amide bonds. The van der Waals surface area contributed by atoms with Crippen LogP contribution in [-0.2, 0) is 29.1 Å². The van der Waals surface area contributed by atoms with Crippen LogP contribution >= 0.6 is 11.3 Å². The monoisotopic (exact) mass is 634 g/mol. The molecule has 46 heavy (non-hydrogen) atoms. The molecule has 3 nitrogen and oxygen atoms in total. The van der Waals surface area contributed by atoms with E-state index in [4.69, 9.17) is 9.47 Å². The van der Waals surface area contributed by atoms with Crippen molar-refractivity contribution in [2.24, 2.45) is 11.8 Å². The van der Waals surface area contributed by atoms with Gasteiger partial charge in [-0.05, 0) is 76.4 Å². The summed E-state index contributed by atoms with van der Waals surface area (Å²) in [7, 11) is 0. The number of hydrogen-bond donors (Lipinski definition) is 1. The van der Waals surface area contributed by atoms with Gasteiger partial charge in [0.25, 0.3) is 0 Å². The Hall–Kier alpha value is -3.61.